The summed E-state index contributed by atoms with van der Waals surface area (Å²) in [5, 5.41) is 13.6. The van der Waals surface area contributed by atoms with Crippen molar-refractivity contribution in [1.29, 1.82) is 0 Å². The van der Waals surface area contributed by atoms with Crippen molar-refractivity contribution in [2.24, 2.45) is 0 Å². The van der Waals surface area contributed by atoms with Gasteiger partial charge in [0, 0.05) is 27.9 Å². The van der Waals surface area contributed by atoms with Gasteiger partial charge < -0.3 is 5.32 Å². The number of benzene rings is 2. The maximum atomic E-state index is 12.4. The number of anilines is 1. The molecular formula is C18H19BrN2O3. The Morgan fingerprint density at radius 1 is 1.17 bits per heavy atom. The third kappa shape index (κ3) is 4.00. The number of halogens is 1. The minimum Gasteiger partial charge on any atom is -0.322 e. The molecule has 1 N–H and O–H groups in total. The Labute approximate surface area is 149 Å². The van der Waals surface area contributed by atoms with Crippen molar-refractivity contribution >= 4 is 33.2 Å². The quantitative estimate of drug-likeness (QED) is 0.576. The lowest BCUT2D eigenvalue weighted by Crippen LogP contribution is -2.15. The predicted molar refractivity (Wildman–Crippen MR) is 98.6 cm³/mol. The Kier molecular flexibility index (Phi) is 5.08. The second-order valence-electron chi connectivity index (χ2n) is 6.66. The van der Waals surface area contributed by atoms with E-state index in [1.165, 1.54) is 12.1 Å². The fourth-order valence-electron chi connectivity index (χ4n) is 2.36. The van der Waals surface area contributed by atoms with Crippen LogP contribution >= 0.6 is 15.9 Å². The first kappa shape index (κ1) is 18.1. The van der Waals surface area contributed by atoms with Gasteiger partial charge in [-0.05, 0) is 41.7 Å². The average Bonchev–Trinajstić information content (AvgIpc) is 2.47. The van der Waals surface area contributed by atoms with Crippen LogP contribution < -0.4 is 5.32 Å². The van der Waals surface area contributed by atoms with E-state index < -0.39 is 4.92 Å². The average molecular weight is 391 g/mol. The number of nitro benzene ring substituents is 1. The molecular weight excluding hydrogens is 372 g/mol. The lowest BCUT2D eigenvalue weighted by atomic mass is 9.86. The number of hydrogen-bond donors (Lipinski definition) is 1. The van der Waals surface area contributed by atoms with E-state index in [9.17, 15) is 14.9 Å². The van der Waals surface area contributed by atoms with Gasteiger partial charge in [-0.1, -0.05) is 42.8 Å². The first-order valence-electron chi connectivity index (χ1n) is 7.46. The summed E-state index contributed by atoms with van der Waals surface area (Å²) in [5.41, 5.74) is 2.81. The number of rotatable bonds is 3. The van der Waals surface area contributed by atoms with Crippen LogP contribution in [0.2, 0.25) is 0 Å². The molecule has 0 aromatic heterocycles. The standard InChI is InChI=1S/C18H19BrN2O3/c1-11-9-13(21(23)24)6-8-16(11)20-17(22)12-5-7-14(15(19)10-12)18(2,3)4/h5-10H,1-4H3,(H,20,22). The number of nitrogens with one attached hydrogen (secondary N) is 1. The van der Waals surface area contributed by atoms with Crippen LogP contribution in [-0.2, 0) is 5.41 Å². The minimum absolute atomic E-state index is 0.00257. The summed E-state index contributed by atoms with van der Waals surface area (Å²) in [6.45, 7) is 8.04. The number of carbonyl (C=O) groups excluding carboxylic acids is 1. The number of nitrogens with zero attached hydrogens (tertiary/aromatic N) is 1. The molecule has 0 aliphatic carbocycles. The van der Waals surface area contributed by atoms with Crippen LogP contribution in [0.1, 0.15) is 42.3 Å². The van der Waals surface area contributed by atoms with Gasteiger partial charge in [-0.15, -0.1) is 0 Å². The molecule has 126 valence electrons. The molecule has 0 saturated heterocycles. The molecule has 0 aliphatic rings. The Balaban J connectivity index is 2.24. The lowest BCUT2D eigenvalue weighted by Gasteiger charge is -2.21. The highest BCUT2D eigenvalue weighted by molar-refractivity contribution is 9.10. The van der Waals surface area contributed by atoms with Gasteiger partial charge >= 0.3 is 0 Å². The summed E-state index contributed by atoms with van der Waals surface area (Å²) >= 11 is 3.52. The normalized spacial score (nSPS) is 11.2. The van der Waals surface area contributed by atoms with Gasteiger partial charge in [0.15, 0.2) is 0 Å². The summed E-state index contributed by atoms with van der Waals surface area (Å²) in [6, 6.07) is 9.86. The summed E-state index contributed by atoms with van der Waals surface area (Å²) < 4.78 is 0.878. The number of amides is 1. The Hall–Kier alpha value is -2.21. The van der Waals surface area contributed by atoms with Gasteiger partial charge in [0.05, 0.1) is 4.92 Å². The van der Waals surface area contributed by atoms with Gasteiger partial charge in [0.25, 0.3) is 11.6 Å². The first-order valence-corrected chi connectivity index (χ1v) is 8.25. The largest absolute Gasteiger partial charge is 0.322 e. The molecule has 2 aromatic rings. The van der Waals surface area contributed by atoms with E-state index in [1.807, 2.05) is 6.07 Å². The number of nitro groups is 1. The Bertz CT molecular complexity index is 810. The molecule has 0 radical (unpaired) electrons. The second kappa shape index (κ2) is 6.73. The van der Waals surface area contributed by atoms with Gasteiger partial charge in [-0.25, -0.2) is 0 Å². The topological polar surface area (TPSA) is 72.2 Å². The van der Waals surface area contributed by atoms with Crippen LogP contribution in [0.3, 0.4) is 0 Å². The summed E-state index contributed by atoms with van der Waals surface area (Å²) in [6.07, 6.45) is 0. The molecule has 2 rings (SSSR count). The molecule has 0 fully saturated rings. The fourth-order valence-corrected chi connectivity index (χ4v) is 3.33. The van der Waals surface area contributed by atoms with Crippen molar-refractivity contribution < 1.29 is 9.72 Å². The van der Waals surface area contributed by atoms with E-state index in [-0.39, 0.29) is 17.0 Å². The van der Waals surface area contributed by atoms with Gasteiger partial charge in [-0.3, -0.25) is 14.9 Å². The van der Waals surface area contributed by atoms with E-state index in [0.29, 0.717) is 16.8 Å². The fraction of sp³-hybridized carbons (Fsp3) is 0.278. The van der Waals surface area contributed by atoms with Crippen molar-refractivity contribution in [3.8, 4) is 0 Å². The van der Waals surface area contributed by atoms with Crippen LogP contribution in [0.5, 0.6) is 0 Å². The zero-order valence-electron chi connectivity index (χ0n) is 14.0. The molecule has 5 nitrogen and oxygen atoms in total. The van der Waals surface area contributed by atoms with Gasteiger partial charge in [0.2, 0.25) is 0 Å². The molecule has 0 aliphatic heterocycles. The number of aryl methyl sites for hydroxylation is 1. The Morgan fingerprint density at radius 3 is 2.33 bits per heavy atom. The summed E-state index contributed by atoms with van der Waals surface area (Å²) in [7, 11) is 0. The monoisotopic (exact) mass is 390 g/mol. The SMILES string of the molecule is Cc1cc([N+](=O)[O-])ccc1NC(=O)c1ccc(C(C)(C)C)c(Br)c1. The Morgan fingerprint density at radius 2 is 1.83 bits per heavy atom. The molecule has 0 unspecified atom stereocenters. The van der Waals surface area contributed by atoms with Crippen LogP contribution in [0.15, 0.2) is 40.9 Å². The van der Waals surface area contributed by atoms with Gasteiger partial charge in [-0.2, -0.15) is 0 Å². The van der Waals surface area contributed by atoms with Crippen LogP contribution in [-0.4, -0.2) is 10.8 Å². The highest BCUT2D eigenvalue weighted by Gasteiger charge is 2.19. The highest BCUT2D eigenvalue weighted by Crippen LogP contribution is 2.30. The molecule has 2 aromatic carbocycles. The zero-order chi connectivity index (χ0) is 18.1. The van der Waals surface area contributed by atoms with Crippen molar-refractivity contribution in [3.05, 3.63) is 67.7 Å². The van der Waals surface area contributed by atoms with E-state index in [2.05, 4.69) is 42.0 Å². The maximum absolute atomic E-state index is 12.4. The molecule has 1 amide bonds. The van der Waals surface area contributed by atoms with E-state index in [1.54, 1.807) is 25.1 Å². The molecule has 0 saturated carbocycles. The van der Waals surface area contributed by atoms with Gasteiger partial charge in [0.1, 0.15) is 0 Å². The van der Waals surface area contributed by atoms with E-state index in [0.717, 1.165) is 10.0 Å². The third-order valence-corrected chi connectivity index (χ3v) is 4.36. The molecule has 0 spiro atoms. The zero-order valence-corrected chi connectivity index (χ0v) is 15.6. The van der Waals surface area contributed by atoms with Crippen molar-refractivity contribution in [2.75, 3.05) is 5.32 Å². The van der Waals surface area contributed by atoms with E-state index >= 15 is 0 Å². The second-order valence-corrected chi connectivity index (χ2v) is 7.51. The molecule has 24 heavy (non-hydrogen) atoms. The maximum Gasteiger partial charge on any atom is 0.269 e. The molecule has 6 heteroatoms. The van der Waals surface area contributed by atoms with E-state index in [4.69, 9.17) is 0 Å². The van der Waals surface area contributed by atoms with Crippen molar-refractivity contribution in [2.45, 2.75) is 33.1 Å². The summed E-state index contributed by atoms with van der Waals surface area (Å²) in [4.78, 5) is 22.7. The molecule has 0 heterocycles. The first-order chi connectivity index (χ1) is 11.1. The van der Waals surface area contributed by atoms with Crippen LogP contribution in [0.4, 0.5) is 11.4 Å². The van der Waals surface area contributed by atoms with Crippen molar-refractivity contribution in [3.63, 3.8) is 0 Å². The lowest BCUT2D eigenvalue weighted by molar-refractivity contribution is -0.384. The summed E-state index contributed by atoms with van der Waals surface area (Å²) in [5.74, 6) is -0.256. The highest BCUT2D eigenvalue weighted by atomic mass is 79.9. The van der Waals surface area contributed by atoms with Crippen LogP contribution in [0, 0.1) is 17.0 Å². The number of non-ortho nitro benzene ring substituents is 1. The number of hydrogen-bond acceptors (Lipinski definition) is 3. The third-order valence-electron chi connectivity index (χ3n) is 3.71. The van der Waals surface area contributed by atoms with Crippen molar-refractivity contribution in [1.82, 2.24) is 0 Å². The minimum atomic E-state index is -0.457. The smallest absolute Gasteiger partial charge is 0.269 e. The predicted octanol–water partition coefficient (Wildman–Crippen LogP) is 5.22. The molecule has 0 atom stereocenters. The van der Waals surface area contributed by atoms with Crippen LogP contribution in [0.25, 0.3) is 0 Å². The number of carbonyl (C=O) groups is 1. The molecule has 0 bridgehead atoms.